The lowest BCUT2D eigenvalue weighted by Gasteiger charge is -2.11. The fourth-order valence-electron chi connectivity index (χ4n) is 2.11. The number of hydrogen-bond acceptors (Lipinski definition) is 3. The smallest absolute Gasteiger partial charge is 0.231 e. The summed E-state index contributed by atoms with van der Waals surface area (Å²) in [4.78, 5) is 0. The zero-order valence-corrected chi connectivity index (χ0v) is 10.5. The van der Waals surface area contributed by atoms with Crippen LogP contribution in [0.1, 0.15) is 0 Å². The van der Waals surface area contributed by atoms with Crippen molar-refractivity contribution in [2.75, 3.05) is 13.4 Å². The molecular weight excluding hydrogens is 240 g/mol. The van der Waals surface area contributed by atoms with Gasteiger partial charge in [0.05, 0.1) is 0 Å². The van der Waals surface area contributed by atoms with Crippen LogP contribution in [0.15, 0.2) is 55.1 Å². The van der Waals surface area contributed by atoms with Gasteiger partial charge in [-0.1, -0.05) is 43.0 Å². The second-order valence-electron chi connectivity index (χ2n) is 4.14. The molecule has 3 rings (SSSR count). The SMILES string of the molecule is C=CCOc1ccccc1-c1cccc2c1OCO2. The Morgan fingerprint density at radius 1 is 1.05 bits per heavy atom. The van der Waals surface area contributed by atoms with Crippen molar-refractivity contribution >= 4 is 0 Å². The Kier molecular flexibility index (Phi) is 3.11. The molecule has 0 saturated carbocycles. The lowest BCUT2D eigenvalue weighted by Crippen LogP contribution is -1.96. The van der Waals surface area contributed by atoms with E-state index in [9.17, 15) is 0 Å². The summed E-state index contributed by atoms with van der Waals surface area (Å²) in [7, 11) is 0. The number of para-hydroxylation sites is 2. The molecule has 1 heterocycles. The van der Waals surface area contributed by atoms with E-state index in [2.05, 4.69) is 6.58 Å². The molecule has 1 aliphatic rings. The highest BCUT2D eigenvalue weighted by molar-refractivity contribution is 5.78. The third kappa shape index (κ3) is 2.15. The second kappa shape index (κ2) is 5.06. The molecule has 0 spiro atoms. The molecule has 0 unspecified atom stereocenters. The van der Waals surface area contributed by atoms with E-state index in [1.165, 1.54) is 0 Å². The summed E-state index contributed by atoms with van der Waals surface area (Å²) in [5, 5.41) is 0. The van der Waals surface area contributed by atoms with Gasteiger partial charge in [-0.05, 0) is 12.1 Å². The normalized spacial score (nSPS) is 12.2. The second-order valence-corrected chi connectivity index (χ2v) is 4.14. The predicted octanol–water partition coefficient (Wildman–Crippen LogP) is 3.65. The van der Waals surface area contributed by atoms with Gasteiger partial charge >= 0.3 is 0 Å². The van der Waals surface area contributed by atoms with Crippen LogP contribution >= 0.6 is 0 Å². The summed E-state index contributed by atoms with van der Waals surface area (Å²) < 4.78 is 16.6. The molecule has 3 nitrogen and oxygen atoms in total. The number of rotatable bonds is 4. The van der Waals surface area contributed by atoms with E-state index in [1.807, 2.05) is 42.5 Å². The Balaban J connectivity index is 2.07. The van der Waals surface area contributed by atoms with Crippen LogP contribution in [0.3, 0.4) is 0 Å². The van der Waals surface area contributed by atoms with Crippen LogP contribution in [0, 0.1) is 0 Å². The molecule has 0 saturated heterocycles. The van der Waals surface area contributed by atoms with Gasteiger partial charge in [0.15, 0.2) is 11.5 Å². The summed E-state index contributed by atoms with van der Waals surface area (Å²) >= 11 is 0. The largest absolute Gasteiger partial charge is 0.489 e. The Morgan fingerprint density at radius 3 is 2.79 bits per heavy atom. The molecule has 2 aromatic carbocycles. The summed E-state index contributed by atoms with van der Waals surface area (Å²) in [6.45, 7) is 4.41. The highest BCUT2D eigenvalue weighted by Crippen LogP contribution is 2.43. The number of fused-ring (bicyclic) bond motifs is 1. The minimum absolute atomic E-state index is 0.266. The van der Waals surface area contributed by atoms with E-state index in [-0.39, 0.29) is 6.79 Å². The third-order valence-electron chi connectivity index (χ3n) is 2.93. The van der Waals surface area contributed by atoms with Crippen molar-refractivity contribution in [2.24, 2.45) is 0 Å². The molecule has 0 aromatic heterocycles. The lowest BCUT2D eigenvalue weighted by molar-refractivity contribution is 0.174. The molecule has 0 amide bonds. The van der Waals surface area contributed by atoms with Crippen molar-refractivity contribution in [1.29, 1.82) is 0 Å². The first kappa shape index (κ1) is 11.7. The van der Waals surface area contributed by atoms with Gasteiger partial charge in [-0.3, -0.25) is 0 Å². The Hall–Kier alpha value is -2.42. The standard InChI is InChI=1S/C16H14O3/c1-2-10-17-14-8-4-3-6-12(14)13-7-5-9-15-16(13)19-11-18-15/h2-9H,1,10-11H2. The molecule has 0 N–H and O–H groups in total. The van der Waals surface area contributed by atoms with Crippen LogP contribution in [0.5, 0.6) is 17.2 Å². The maximum atomic E-state index is 5.69. The summed E-state index contributed by atoms with van der Waals surface area (Å²) in [6, 6.07) is 13.7. The first-order valence-corrected chi connectivity index (χ1v) is 6.12. The minimum atomic E-state index is 0.266. The summed E-state index contributed by atoms with van der Waals surface area (Å²) in [5.41, 5.74) is 1.97. The topological polar surface area (TPSA) is 27.7 Å². The van der Waals surface area contributed by atoms with Crippen LogP contribution in [-0.2, 0) is 0 Å². The molecule has 96 valence electrons. The van der Waals surface area contributed by atoms with Crippen molar-refractivity contribution in [1.82, 2.24) is 0 Å². The first-order valence-electron chi connectivity index (χ1n) is 6.12. The van der Waals surface area contributed by atoms with Gasteiger partial charge < -0.3 is 14.2 Å². The van der Waals surface area contributed by atoms with Crippen molar-refractivity contribution in [3.8, 4) is 28.4 Å². The molecule has 0 atom stereocenters. The van der Waals surface area contributed by atoms with E-state index < -0.39 is 0 Å². The molecule has 0 bridgehead atoms. The fourth-order valence-corrected chi connectivity index (χ4v) is 2.11. The molecular formula is C16H14O3. The van der Waals surface area contributed by atoms with Crippen molar-refractivity contribution in [3.05, 3.63) is 55.1 Å². The van der Waals surface area contributed by atoms with Crippen LogP contribution in [-0.4, -0.2) is 13.4 Å². The highest BCUT2D eigenvalue weighted by atomic mass is 16.7. The number of hydrogen-bond donors (Lipinski definition) is 0. The number of ether oxygens (including phenoxy) is 3. The molecule has 1 aliphatic heterocycles. The van der Waals surface area contributed by atoms with Gasteiger partial charge in [0.2, 0.25) is 6.79 Å². The van der Waals surface area contributed by atoms with Crippen LogP contribution in [0.25, 0.3) is 11.1 Å². The molecule has 3 heteroatoms. The third-order valence-corrected chi connectivity index (χ3v) is 2.93. The maximum Gasteiger partial charge on any atom is 0.231 e. The van der Waals surface area contributed by atoms with Crippen LogP contribution in [0.4, 0.5) is 0 Å². The Morgan fingerprint density at radius 2 is 1.89 bits per heavy atom. The monoisotopic (exact) mass is 254 g/mol. The van der Waals surface area contributed by atoms with Crippen molar-refractivity contribution < 1.29 is 14.2 Å². The summed E-state index contributed by atoms with van der Waals surface area (Å²) in [5.74, 6) is 2.36. The molecule has 19 heavy (non-hydrogen) atoms. The zero-order chi connectivity index (χ0) is 13.1. The highest BCUT2D eigenvalue weighted by Gasteiger charge is 2.20. The van der Waals surface area contributed by atoms with E-state index in [4.69, 9.17) is 14.2 Å². The zero-order valence-electron chi connectivity index (χ0n) is 10.5. The van der Waals surface area contributed by atoms with Crippen molar-refractivity contribution in [2.45, 2.75) is 0 Å². The van der Waals surface area contributed by atoms with Gasteiger partial charge in [-0.2, -0.15) is 0 Å². The fraction of sp³-hybridized carbons (Fsp3) is 0.125. The average Bonchev–Trinajstić information content (AvgIpc) is 2.94. The molecule has 0 radical (unpaired) electrons. The Labute approximate surface area is 112 Å². The van der Waals surface area contributed by atoms with Gasteiger partial charge in [0.1, 0.15) is 12.4 Å². The van der Waals surface area contributed by atoms with Gasteiger partial charge in [0.25, 0.3) is 0 Å². The van der Waals surface area contributed by atoms with Gasteiger partial charge in [-0.15, -0.1) is 0 Å². The summed E-state index contributed by atoms with van der Waals surface area (Å²) in [6.07, 6.45) is 1.73. The Bertz CT molecular complexity index is 605. The van der Waals surface area contributed by atoms with E-state index in [1.54, 1.807) is 6.08 Å². The number of benzene rings is 2. The van der Waals surface area contributed by atoms with E-state index >= 15 is 0 Å². The van der Waals surface area contributed by atoms with E-state index in [0.29, 0.717) is 6.61 Å². The van der Waals surface area contributed by atoms with E-state index in [0.717, 1.165) is 28.4 Å². The van der Waals surface area contributed by atoms with Crippen molar-refractivity contribution in [3.63, 3.8) is 0 Å². The van der Waals surface area contributed by atoms with Gasteiger partial charge in [0, 0.05) is 11.1 Å². The first-order chi connectivity index (χ1) is 9.40. The lowest BCUT2D eigenvalue weighted by atomic mass is 10.0. The average molecular weight is 254 g/mol. The predicted molar refractivity (Wildman–Crippen MR) is 73.7 cm³/mol. The van der Waals surface area contributed by atoms with Crippen LogP contribution < -0.4 is 14.2 Å². The molecule has 0 aliphatic carbocycles. The molecule has 2 aromatic rings. The molecule has 0 fully saturated rings. The van der Waals surface area contributed by atoms with Gasteiger partial charge in [-0.25, -0.2) is 0 Å². The quantitative estimate of drug-likeness (QED) is 0.779. The minimum Gasteiger partial charge on any atom is -0.489 e. The maximum absolute atomic E-state index is 5.69. The van der Waals surface area contributed by atoms with Crippen LogP contribution in [0.2, 0.25) is 0 Å².